The number of amides is 1. The Hall–Kier alpha value is -4.89. The second-order valence-corrected chi connectivity index (χ2v) is 11.1. The van der Waals surface area contributed by atoms with E-state index >= 15 is 0 Å². The Labute approximate surface area is 248 Å². The third-order valence-corrected chi connectivity index (χ3v) is 6.63. The molecule has 1 amide bonds. The number of nitrogens with one attached hydrogen (secondary N) is 1. The van der Waals surface area contributed by atoms with Gasteiger partial charge in [0.15, 0.2) is 0 Å². The van der Waals surface area contributed by atoms with E-state index in [1.807, 2.05) is 75.4 Å². The van der Waals surface area contributed by atoms with Crippen LogP contribution in [0.1, 0.15) is 48.3 Å². The van der Waals surface area contributed by atoms with E-state index in [-0.39, 0.29) is 5.91 Å². The third kappa shape index (κ3) is 7.05. The Bertz CT molecular complexity index is 1670. The van der Waals surface area contributed by atoms with Crippen molar-refractivity contribution in [3.63, 3.8) is 0 Å². The van der Waals surface area contributed by atoms with Gasteiger partial charge in [0.2, 0.25) is 5.91 Å². The van der Waals surface area contributed by atoms with Gasteiger partial charge >= 0.3 is 5.97 Å². The van der Waals surface area contributed by atoms with Gasteiger partial charge in [0.1, 0.15) is 11.9 Å². The molecule has 0 aliphatic heterocycles. The zero-order chi connectivity index (χ0) is 29.7. The van der Waals surface area contributed by atoms with Gasteiger partial charge in [0.05, 0.1) is 22.9 Å². The molecule has 1 unspecified atom stereocenters. The molecule has 1 N–H and O–H groups in total. The van der Waals surface area contributed by atoms with Gasteiger partial charge in [-0.1, -0.05) is 48.0 Å². The molecular weight excluding hydrogens is 552 g/mol. The molecule has 3 aromatic carbocycles. The van der Waals surface area contributed by atoms with Crippen molar-refractivity contribution in [2.75, 3.05) is 5.32 Å². The molecule has 2 aromatic heterocycles. The zero-order valence-corrected chi connectivity index (χ0v) is 24.1. The summed E-state index contributed by atoms with van der Waals surface area (Å²) in [7, 11) is 0. The van der Waals surface area contributed by atoms with E-state index in [1.165, 1.54) is 6.33 Å². The lowest BCUT2D eigenvalue weighted by molar-refractivity contribution is -0.117. The molecule has 10 heteroatoms. The molecule has 0 aliphatic rings. The Morgan fingerprint density at radius 2 is 1.74 bits per heavy atom. The summed E-state index contributed by atoms with van der Waals surface area (Å²) in [5, 5.41) is 15.0. The fourth-order valence-corrected chi connectivity index (χ4v) is 4.59. The number of pyridine rings is 1. The smallest absolute Gasteiger partial charge is 0.338 e. The number of ether oxygens (including phenoxy) is 1. The first-order chi connectivity index (χ1) is 20.2. The van der Waals surface area contributed by atoms with E-state index in [0.29, 0.717) is 28.4 Å². The number of hydrogen-bond acceptors (Lipinski definition) is 7. The molecule has 42 heavy (non-hydrogen) atoms. The Kier molecular flexibility index (Phi) is 8.40. The normalized spacial score (nSPS) is 12.0. The van der Waals surface area contributed by atoms with Crippen molar-refractivity contribution >= 4 is 29.2 Å². The molecule has 1 atom stereocenters. The highest BCUT2D eigenvalue weighted by molar-refractivity contribution is 6.31. The van der Waals surface area contributed by atoms with Crippen molar-refractivity contribution in [1.29, 1.82) is 0 Å². The molecule has 212 valence electrons. The van der Waals surface area contributed by atoms with Gasteiger partial charge in [0.25, 0.3) is 0 Å². The standard InChI is InChI=1S/C32H29ClN6O3/c1-32(2,3)42-31(41)22-9-13-25(14-10-22)36-30(40)27(17-21-7-5-4-6-8-21)28-15-11-23(19-34-28)26-18-24(33)12-16-29(26)39-20-35-37-38-39/h4-16,18-20,27H,17H2,1-3H3,(H,36,40). The van der Waals surface area contributed by atoms with Gasteiger partial charge in [-0.15, -0.1) is 5.10 Å². The van der Waals surface area contributed by atoms with Gasteiger partial charge in [-0.2, -0.15) is 4.68 Å². The molecule has 0 fully saturated rings. The fourth-order valence-electron chi connectivity index (χ4n) is 4.42. The van der Waals surface area contributed by atoms with Crippen LogP contribution in [-0.2, 0) is 16.0 Å². The van der Waals surface area contributed by atoms with Gasteiger partial charge in [0, 0.05) is 28.0 Å². The molecule has 0 radical (unpaired) electrons. The Balaban J connectivity index is 1.40. The first kappa shape index (κ1) is 28.6. The number of aromatic nitrogens is 5. The van der Waals surface area contributed by atoms with E-state index in [0.717, 1.165) is 22.4 Å². The van der Waals surface area contributed by atoms with Crippen molar-refractivity contribution in [2.45, 2.75) is 38.7 Å². The number of carbonyl (C=O) groups excluding carboxylic acids is 2. The van der Waals surface area contributed by atoms with Crippen LogP contribution in [0.3, 0.4) is 0 Å². The van der Waals surface area contributed by atoms with Crippen molar-refractivity contribution in [3.8, 4) is 16.8 Å². The predicted octanol–water partition coefficient (Wildman–Crippen LogP) is 6.30. The maximum absolute atomic E-state index is 13.6. The van der Waals surface area contributed by atoms with Crippen molar-refractivity contribution in [1.82, 2.24) is 25.2 Å². The van der Waals surface area contributed by atoms with Crippen LogP contribution in [0.25, 0.3) is 16.8 Å². The van der Waals surface area contributed by atoms with Crippen molar-refractivity contribution in [2.24, 2.45) is 0 Å². The highest BCUT2D eigenvalue weighted by atomic mass is 35.5. The van der Waals surface area contributed by atoms with Crippen LogP contribution in [0.15, 0.2) is 97.5 Å². The molecule has 5 rings (SSSR count). The minimum absolute atomic E-state index is 0.221. The quantitative estimate of drug-likeness (QED) is 0.214. The number of benzene rings is 3. The van der Waals surface area contributed by atoms with E-state index in [9.17, 15) is 9.59 Å². The van der Waals surface area contributed by atoms with Gasteiger partial charge in [-0.05, 0) is 91.7 Å². The minimum Gasteiger partial charge on any atom is -0.456 e. The second-order valence-electron chi connectivity index (χ2n) is 10.7. The SMILES string of the molecule is CC(C)(C)OC(=O)c1ccc(NC(=O)C(Cc2ccccc2)c2ccc(-c3cc(Cl)ccc3-n3cnnn3)cn2)cc1. The number of tetrazole rings is 1. The number of hydrogen-bond donors (Lipinski definition) is 1. The highest BCUT2D eigenvalue weighted by Gasteiger charge is 2.24. The number of carbonyl (C=O) groups is 2. The number of esters is 1. The minimum atomic E-state index is -0.598. The molecule has 9 nitrogen and oxygen atoms in total. The van der Waals surface area contributed by atoms with E-state index in [1.54, 1.807) is 41.2 Å². The van der Waals surface area contributed by atoms with Crippen LogP contribution in [0.2, 0.25) is 5.02 Å². The number of rotatable bonds is 8. The van der Waals surface area contributed by atoms with Crippen molar-refractivity contribution < 1.29 is 14.3 Å². The summed E-state index contributed by atoms with van der Waals surface area (Å²) in [6, 6.07) is 25.6. The van der Waals surface area contributed by atoms with Crippen LogP contribution in [-0.4, -0.2) is 42.7 Å². The maximum Gasteiger partial charge on any atom is 0.338 e. The third-order valence-electron chi connectivity index (χ3n) is 6.39. The second kappa shape index (κ2) is 12.3. The average Bonchev–Trinajstić information content (AvgIpc) is 3.51. The first-order valence-electron chi connectivity index (χ1n) is 13.3. The summed E-state index contributed by atoms with van der Waals surface area (Å²) >= 11 is 6.31. The molecule has 0 aliphatic carbocycles. The lowest BCUT2D eigenvalue weighted by atomic mass is 9.93. The predicted molar refractivity (Wildman–Crippen MR) is 161 cm³/mol. The van der Waals surface area contributed by atoms with Gasteiger partial charge < -0.3 is 10.1 Å². The van der Waals surface area contributed by atoms with E-state index in [4.69, 9.17) is 21.3 Å². The van der Waals surface area contributed by atoms with Crippen LogP contribution in [0, 0.1) is 0 Å². The Morgan fingerprint density at radius 3 is 2.38 bits per heavy atom. The summed E-state index contributed by atoms with van der Waals surface area (Å²) in [4.78, 5) is 30.7. The largest absolute Gasteiger partial charge is 0.456 e. The van der Waals surface area contributed by atoms with Gasteiger partial charge in [-0.3, -0.25) is 9.78 Å². The maximum atomic E-state index is 13.6. The van der Waals surface area contributed by atoms with Crippen molar-refractivity contribution in [3.05, 3.63) is 119 Å². The lowest BCUT2D eigenvalue weighted by Crippen LogP contribution is -2.24. The summed E-state index contributed by atoms with van der Waals surface area (Å²) in [5.41, 5.74) is 4.31. The molecule has 0 saturated heterocycles. The molecule has 5 aromatic rings. The number of halogens is 1. The topological polar surface area (TPSA) is 112 Å². The summed E-state index contributed by atoms with van der Waals surface area (Å²) in [5.74, 6) is -1.22. The van der Waals surface area contributed by atoms with E-state index in [2.05, 4.69) is 20.8 Å². The lowest BCUT2D eigenvalue weighted by Gasteiger charge is -2.20. The number of nitrogens with zero attached hydrogens (tertiary/aromatic N) is 5. The molecular formula is C32H29ClN6O3. The molecule has 0 spiro atoms. The van der Waals surface area contributed by atoms with Crippen LogP contribution < -0.4 is 5.32 Å². The fraction of sp³-hybridized carbons (Fsp3) is 0.188. The molecule has 0 bridgehead atoms. The summed E-state index contributed by atoms with van der Waals surface area (Å²) in [6.45, 7) is 5.44. The Morgan fingerprint density at radius 1 is 0.976 bits per heavy atom. The molecule has 0 saturated carbocycles. The van der Waals surface area contributed by atoms with Gasteiger partial charge in [-0.25, -0.2) is 4.79 Å². The zero-order valence-electron chi connectivity index (χ0n) is 23.4. The summed E-state index contributed by atoms with van der Waals surface area (Å²) in [6.07, 6.45) is 3.67. The van der Waals surface area contributed by atoms with Crippen LogP contribution in [0.5, 0.6) is 0 Å². The summed E-state index contributed by atoms with van der Waals surface area (Å²) < 4.78 is 6.99. The average molecular weight is 581 g/mol. The van der Waals surface area contributed by atoms with E-state index < -0.39 is 17.5 Å². The highest BCUT2D eigenvalue weighted by Crippen LogP contribution is 2.30. The number of anilines is 1. The first-order valence-corrected chi connectivity index (χ1v) is 13.7. The molecule has 2 heterocycles. The monoisotopic (exact) mass is 580 g/mol. The van der Waals surface area contributed by atoms with Crippen LogP contribution in [0.4, 0.5) is 5.69 Å². The van der Waals surface area contributed by atoms with Crippen LogP contribution >= 0.6 is 11.6 Å².